The predicted molar refractivity (Wildman–Crippen MR) is 68.9 cm³/mol. The highest BCUT2D eigenvalue weighted by Crippen LogP contribution is 2.11. The molecule has 3 nitrogen and oxygen atoms in total. The zero-order chi connectivity index (χ0) is 12.6. The van der Waals surface area contributed by atoms with E-state index in [0.717, 1.165) is 26.2 Å². The topological polar surface area (TPSA) is 21.7 Å². The molecule has 16 heavy (non-hydrogen) atoms. The molecule has 0 aromatic rings. The van der Waals surface area contributed by atoms with Crippen molar-refractivity contribution < 1.29 is 9.47 Å². The third kappa shape index (κ3) is 6.46. The molecule has 1 fully saturated rings. The number of likely N-dealkylation sites (N-methyl/N-ethyl adjacent to an activating group) is 1. The largest absolute Gasteiger partial charge is 0.376 e. The van der Waals surface area contributed by atoms with E-state index < -0.39 is 0 Å². The Morgan fingerprint density at radius 3 is 2.44 bits per heavy atom. The summed E-state index contributed by atoms with van der Waals surface area (Å²) >= 11 is 0. The molecule has 1 rings (SSSR count). The van der Waals surface area contributed by atoms with Crippen molar-refractivity contribution in [1.29, 1.82) is 0 Å². The summed E-state index contributed by atoms with van der Waals surface area (Å²) in [6, 6.07) is 0. The van der Waals surface area contributed by atoms with E-state index in [1.165, 1.54) is 0 Å². The van der Waals surface area contributed by atoms with E-state index in [4.69, 9.17) is 9.47 Å². The van der Waals surface area contributed by atoms with Crippen molar-refractivity contribution in [2.45, 2.75) is 59.9 Å². The van der Waals surface area contributed by atoms with E-state index in [1.807, 2.05) is 13.8 Å². The van der Waals surface area contributed by atoms with Gasteiger partial charge in [-0.05, 0) is 27.3 Å². The maximum Gasteiger partial charge on any atom is 0.0939 e. The molecule has 1 heterocycles. The van der Waals surface area contributed by atoms with E-state index in [1.54, 1.807) is 0 Å². The van der Waals surface area contributed by atoms with Gasteiger partial charge in [-0.2, -0.15) is 0 Å². The maximum absolute atomic E-state index is 5.80. The molecule has 1 aliphatic rings. The van der Waals surface area contributed by atoms with Crippen LogP contribution in [0.25, 0.3) is 0 Å². The average Bonchev–Trinajstić information content (AvgIpc) is 2.28. The highest BCUT2D eigenvalue weighted by atomic mass is 16.5. The average molecular weight is 231 g/mol. The number of ether oxygens (including phenoxy) is 2. The van der Waals surface area contributed by atoms with E-state index in [9.17, 15) is 0 Å². The highest BCUT2D eigenvalue weighted by Gasteiger charge is 2.24. The minimum Gasteiger partial charge on any atom is -0.376 e. The number of nitrogens with zero attached hydrogens (tertiary/aromatic N) is 1. The number of hydrogen-bond donors (Lipinski definition) is 0. The third-order valence-corrected chi connectivity index (χ3v) is 2.46. The van der Waals surface area contributed by atoms with Crippen LogP contribution in [-0.2, 0) is 9.47 Å². The van der Waals surface area contributed by atoms with Crippen LogP contribution in [0, 0.1) is 0 Å². The molecule has 0 aromatic heterocycles. The van der Waals surface area contributed by atoms with Crippen LogP contribution >= 0.6 is 0 Å². The van der Waals surface area contributed by atoms with Crippen molar-refractivity contribution in [2.24, 2.45) is 0 Å². The molecule has 1 aliphatic heterocycles. The van der Waals surface area contributed by atoms with Gasteiger partial charge in [0.05, 0.1) is 24.9 Å². The first kappa shape index (κ1) is 15.9. The zero-order valence-corrected chi connectivity index (χ0v) is 11.8. The molecule has 3 heteroatoms. The Morgan fingerprint density at radius 1 is 1.31 bits per heavy atom. The number of rotatable bonds is 4. The standard InChI is InChI=1S/C11H23NO2.C2H6/c1-5-12-6-10(4)14-11(7-12)8-13-9(2)3;1-2/h9-11H,5-8H2,1-4H3;1-2H3. The summed E-state index contributed by atoms with van der Waals surface area (Å²) in [7, 11) is 0. The first-order valence-electron chi connectivity index (χ1n) is 6.61. The van der Waals surface area contributed by atoms with E-state index >= 15 is 0 Å². The van der Waals surface area contributed by atoms with Gasteiger partial charge in [0, 0.05) is 13.1 Å². The lowest BCUT2D eigenvalue weighted by atomic mass is 10.2. The molecule has 0 radical (unpaired) electrons. The first-order valence-corrected chi connectivity index (χ1v) is 6.61. The molecule has 1 saturated heterocycles. The molecule has 0 aliphatic carbocycles. The third-order valence-electron chi connectivity index (χ3n) is 2.46. The number of hydrogen-bond acceptors (Lipinski definition) is 3. The smallest absolute Gasteiger partial charge is 0.0939 e. The van der Waals surface area contributed by atoms with Crippen LogP contribution in [0.15, 0.2) is 0 Å². The van der Waals surface area contributed by atoms with Gasteiger partial charge < -0.3 is 9.47 Å². The summed E-state index contributed by atoms with van der Waals surface area (Å²) in [5, 5.41) is 0. The Kier molecular flexibility index (Phi) is 8.90. The summed E-state index contributed by atoms with van der Waals surface area (Å²) in [6.07, 6.45) is 0.886. The molecule has 2 atom stereocenters. The van der Waals surface area contributed by atoms with Crippen molar-refractivity contribution in [3.63, 3.8) is 0 Å². The fourth-order valence-electron chi connectivity index (χ4n) is 1.79. The Morgan fingerprint density at radius 2 is 1.94 bits per heavy atom. The van der Waals surface area contributed by atoms with Gasteiger partial charge in [-0.25, -0.2) is 0 Å². The molecule has 0 N–H and O–H groups in total. The lowest BCUT2D eigenvalue weighted by Crippen LogP contribution is -2.48. The normalized spacial score (nSPS) is 26.4. The second-order valence-electron chi connectivity index (χ2n) is 4.30. The summed E-state index contributed by atoms with van der Waals surface area (Å²) in [6.45, 7) is 16.3. The molecule has 2 unspecified atom stereocenters. The lowest BCUT2D eigenvalue weighted by Gasteiger charge is -2.36. The second-order valence-corrected chi connectivity index (χ2v) is 4.30. The van der Waals surface area contributed by atoms with Gasteiger partial charge in [-0.1, -0.05) is 20.8 Å². The van der Waals surface area contributed by atoms with Gasteiger partial charge in [0.15, 0.2) is 0 Å². The Labute approximate surface area is 101 Å². The van der Waals surface area contributed by atoms with Crippen LogP contribution in [0.2, 0.25) is 0 Å². The maximum atomic E-state index is 5.80. The fraction of sp³-hybridized carbons (Fsp3) is 1.00. The van der Waals surface area contributed by atoms with Gasteiger partial charge in [0.25, 0.3) is 0 Å². The molecule has 0 spiro atoms. The molecule has 0 saturated carbocycles. The SMILES string of the molecule is CC.CCN1CC(C)OC(COC(C)C)C1. The minimum absolute atomic E-state index is 0.251. The van der Waals surface area contributed by atoms with Gasteiger partial charge >= 0.3 is 0 Å². The predicted octanol–water partition coefficient (Wildman–Crippen LogP) is 2.55. The van der Waals surface area contributed by atoms with Crippen molar-refractivity contribution in [1.82, 2.24) is 4.90 Å². The zero-order valence-electron chi connectivity index (χ0n) is 11.8. The Hall–Kier alpha value is -0.120. The minimum atomic E-state index is 0.251. The molecular formula is C13H29NO2. The molecular weight excluding hydrogens is 202 g/mol. The van der Waals surface area contributed by atoms with E-state index in [-0.39, 0.29) is 6.10 Å². The molecule has 98 valence electrons. The second kappa shape index (κ2) is 8.97. The van der Waals surface area contributed by atoms with E-state index in [2.05, 4.69) is 32.6 Å². The van der Waals surface area contributed by atoms with Crippen molar-refractivity contribution in [2.75, 3.05) is 26.2 Å². The summed E-state index contributed by atoms with van der Waals surface area (Å²) in [5.41, 5.74) is 0. The Balaban J connectivity index is 0.00000106. The number of morpholine rings is 1. The van der Waals surface area contributed by atoms with Crippen LogP contribution in [-0.4, -0.2) is 49.5 Å². The quantitative estimate of drug-likeness (QED) is 0.742. The summed E-state index contributed by atoms with van der Waals surface area (Å²) in [5.74, 6) is 0. The monoisotopic (exact) mass is 231 g/mol. The highest BCUT2D eigenvalue weighted by molar-refractivity contribution is 4.74. The van der Waals surface area contributed by atoms with Crippen molar-refractivity contribution in [3.05, 3.63) is 0 Å². The van der Waals surface area contributed by atoms with Crippen molar-refractivity contribution in [3.8, 4) is 0 Å². The van der Waals surface area contributed by atoms with Gasteiger partial charge in [-0.15, -0.1) is 0 Å². The molecule has 0 aromatic carbocycles. The first-order chi connectivity index (χ1) is 7.61. The molecule has 0 amide bonds. The van der Waals surface area contributed by atoms with Crippen LogP contribution in [0.3, 0.4) is 0 Å². The van der Waals surface area contributed by atoms with Gasteiger partial charge in [-0.3, -0.25) is 4.90 Å². The molecule has 0 bridgehead atoms. The van der Waals surface area contributed by atoms with Crippen molar-refractivity contribution >= 4 is 0 Å². The van der Waals surface area contributed by atoms with E-state index in [0.29, 0.717) is 12.2 Å². The van der Waals surface area contributed by atoms with Gasteiger partial charge in [0.2, 0.25) is 0 Å². The van der Waals surface area contributed by atoms with Crippen LogP contribution in [0.4, 0.5) is 0 Å². The summed E-state index contributed by atoms with van der Waals surface area (Å²) < 4.78 is 11.4. The summed E-state index contributed by atoms with van der Waals surface area (Å²) in [4.78, 5) is 2.42. The van der Waals surface area contributed by atoms with Crippen LogP contribution in [0.5, 0.6) is 0 Å². The lowest BCUT2D eigenvalue weighted by molar-refractivity contribution is -0.113. The van der Waals surface area contributed by atoms with Gasteiger partial charge in [0.1, 0.15) is 0 Å². The fourth-order valence-corrected chi connectivity index (χ4v) is 1.79. The van der Waals surface area contributed by atoms with Crippen LogP contribution in [0.1, 0.15) is 41.5 Å². The Bertz CT molecular complexity index is 162. The van der Waals surface area contributed by atoms with Crippen LogP contribution < -0.4 is 0 Å².